The predicted molar refractivity (Wildman–Crippen MR) is 78.3 cm³/mol. The number of primary amides is 1. The number of halogens is 1. The van der Waals surface area contributed by atoms with E-state index < -0.39 is 5.91 Å². The van der Waals surface area contributed by atoms with Crippen molar-refractivity contribution in [2.24, 2.45) is 5.73 Å². The molecule has 0 radical (unpaired) electrons. The highest BCUT2D eigenvalue weighted by Crippen LogP contribution is 2.20. The van der Waals surface area contributed by atoms with E-state index in [0.29, 0.717) is 11.3 Å². The lowest BCUT2D eigenvalue weighted by atomic mass is 10.1. The van der Waals surface area contributed by atoms with Gasteiger partial charge in [-0.2, -0.15) is 5.10 Å². The smallest absolute Gasteiger partial charge is 0.256 e. The van der Waals surface area contributed by atoms with E-state index in [-0.39, 0.29) is 12.5 Å². The van der Waals surface area contributed by atoms with Gasteiger partial charge in [-0.1, -0.05) is 22.0 Å². The molecule has 104 valence electrons. The van der Waals surface area contributed by atoms with Gasteiger partial charge in [0, 0.05) is 16.2 Å². The Bertz CT molecular complexity index is 666. The lowest BCUT2D eigenvalue weighted by Crippen LogP contribution is -2.18. The maximum absolute atomic E-state index is 12.2. The number of anilines is 1. The molecule has 0 saturated carbocycles. The van der Waals surface area contributed by atoms with Crippen LogP contribution >= 0.6 is 15.9 Å². The van der Waals surface area contributed by atoms with Crippen LogP contribution in [0.25, 0.3) is 0 Å². The molecule has 7 heteroatoms. The molecule has 0 aliphatic heterocycles. The number of hydrogen-bond donors (Lipinski definition) is 2. The third kappa shape index (κ3) is 3.24. The second-order valence-corrected chi connectivity index (χ2v) is 5.11. The number of nitrogens with one attached hydrogen (secondary N) is 1. The molecule has 0 saturated heterocycles. The first-order valence-corrected chi connectivity index (χ1v) is 6.64. The number of nitrogens with two attached hydrogens (primary N) is 1. The largest absolute Gasteiger partial charge is 0.368 e. The molecule has 3 N–H and O–H groups in total. The average molecular weight is 337 g/mol. The van der Waals surface area contributed by atoms with Crippen LogP contribution in [0.5, 0.6) is 0 Å². The summed E-state index contributed by atoms with van der Waals surface area (Å²) in [6.07, 6.45) is 3.02. The van der Waals surface area contributed by atoms with Crippen LogP contribution in [0.1, 0.15) is 15.9 Å². The Morgan fingerprint density at radius 2 is 2.20 bits per heavy atom. The van der Waals surface area contributed by atoms with E-state index in [2.05, 4.69) is 26.3 Å². The first-order chi connectivity index (χ1) is 9.47. The van der Waals surface area contributed by atoms with Crippen molar-refractivity contribution in [1.29, 1.82) is 0 Å². The molecule has 20 heavy (non-hydrogen) atoms. The Balaban J connectivity index is 2.13. The van der Waals surface area contributed by atoms with Crippen molar-refractivity contribution in [3.63, 3.8) is 0 Å². The van der Waals surface area contributed by atoms with Crippen LogP contribution in [0.3, 0.4) is 0 Å². The van der Waals surface area contributed by atoms with E-state index >= 15 is 0 Å². The summed E-state index contributed by atoms with van der Waals surface area (Å²) < 4.78 is 2.24. The van der Waals surface area contributed by atoms with Gasteiger partial charge in [-0.05, 0) is 24.6 Å². The van der Waals surface area contributed by atoms with Gasteiger partial charge in [-0.25, -0.2) is 0 Å². The Morgan fingerprint density at radius 3 is 2.90 bits per heavy atom. The summed E-state index contributed by atoms with van der Waals surface area (Å²) in [4.78, 5) is 22.9. The van der Waals surface area contributed by atoms with E-state index in [1.165, 1.54) is 10.9 Å². The highest BCUT2D eigenvalue weighted by atomic mass is 79.9. The highest BCUT2D eigenvalue weighted by Gasteiger charge is 2.12. The standard InChI is InChI=1S/C13H13BrN4O2/c1-8-10(3-2-4-11(8)14)13(20)17-9-5-16-18(6-9)7-12(15)19/h2-6H,7H2,1H3,(H2,15,19)(H,17,20). The van der Waals surface area contributed by atoms with Crippen molar-refractivity contribution in [2.45, 2.75) is 13.5 Å². The second kappa shape index (κ2) is 5.87. The maximum Gasteiger partial charge on any atom is 0.256 e. The lowest BCUT2D eigenvalue weighted by Gasteiger charge is -2.07. The van der Waals surface area contributed by atoms with Gasteiger partial charge in [0.25, 0.3) is 5.91 Å². The van der Waals surface area contributed by atoms with Gasteiger partial charge in [-0.15, -0.1) is 0 Å². The zero-order chi connectivity index (χ0) is 14.7. The van der Waals surface area contributed by atoms with Gasteiger partial charge in [0.2, 0.25) is 5.91 Å². The van der Waals surface area contributed by atoms with Gasteiger partial charge in [-0.3, -0.25) is 14.3 Å². The molecular formula is C13H13BrN4O2. The van der Waals surface area contributed by atoms with Crippen molar-refractivity contribution in [1.82, 2.24) is 9.78 Å². The molecular weight excluding hydrogens is 324 g/mol. The summed E-state index contributed by atoms with van der Waals surface area (Å²) in [6, 6.07) is 5.41. The highest BCUT2D eigenvalue weighted by molar-refractivity contribution is 9.10. The van der Waals surface area contributed by atoms with Gasteiger partial charge >= 0.3 is 0 Å². The number of amides is 2. The number of rotatable bonds is 4. The lowest BCUT2D eigenvalue weighted by molar-refractivity contribution is -0.118. The minimum atomic E-state index is -0.492. The van der Waals surface area contributed by atoms with Crippen molar-refractivity contribution in [3.8, 4) is 0 Å². The van der Waals surface area contributed by atoms with E-state index in [0.717, 1.165) is 10.0 Å². The monoisotopic (exact) mass is 336 g/mol. The number of aromatic nitrogens is 2. The first-order valence-electron chi connectivity index (χ1n) is 5.84. The summed E-state index contributed by atoms with van der Waals surface area (Å²) in [5.41, 5.74) is 7.01. The number of nitrogens with zero attached hydrogens (tertiary/aromatic N) is 2. The molecule has 2 rings (SSSR count). The van der Waals surface area contributed by atoms with Gasteiger partial charge in [0.05, 0.1) is 11.9 Å². The van der Waals surface area contributed by atoms with Gasteiger partial charge in [0.1, 0.15) is 6.54 Å². The van der Waals surface area contributed by atoms with Crippen LogP contribution in [0.15, 0.2) is 35.1 Å². The molecule has 0 aliphatic rings. The van der Waals surface area contributed by atoms with Gasteiger partial charge < -0.3 is 11.1 Å². The Labute approximate surface area is 124 Å². The maximum atomic E-state index is 12.2. The minimum absolute atomic E-state index is 0.0220. The van der Waals surface area contributed by atoms with E-state index in [1.54, 1.807) is 18.3 Å². The molecule has 1 heterocycles. The van der Waals surface area contributed by atoms with E-state index in [1.807, 2.05) is 13.0 Å². The van der Waals surface area contributed by atoms with Crippen molar-refractivity contribution in [2.75, 3.05) is 5.32 Å². The number of carbonyl (C=O) groups is 2. The third-order valence-corrected chi connectivity index (χ3v) is 3.58. The van der Waals surface area contributed by atoms with Crippen LogP contribution < -0.4 is 11.1 Å². The zero-order valence-electron chi connectivity index (χ0n) is 10.8. The summed E-state index contributed by atoms with van der Waals surface area (Å²) >= 11 is 3.38. The molecule has 0 spiro atoms. The van der Waals surface area contributed by atoms with E-state index in [4.69, 9.17) is 5.73 Å². The Kier molecular flexibility index (Phi) is 4.19. The fraction of sp³-hybridized carbons (Fsp3) is 0.154. The summed E-state index contributed by atoms with van der Waals surface area (Å²) in [6.45, 7) is 1.83. The topological polar surface area (TPSA) is 90.0 Å². The summed E-state index contributed by atoms with van der Waals surface area (Å²) in [5, 5.41) is 6.66. The van der Waals surface area contributed by atoms with Crippen LogP contribution in [0.4, 0.5) is 5.69 Å². The SMILES string of the molecule is Cc1c(Br)cccc1C(=O)Nc1cnn(CC(N)=O)c1. The van der Waals surface area contributed by atoms with Crippen LogP contribution in [0.2, 0.25) is 0 Å². The van der Waals surface area contributed by atoms with Crippen molar-refractivity contribution < 1.29 is 9.59 Å². The fourth-order valence-corrected chi connectivity index (χ4v) is 2.09. The number of hydrogen-bond acceptors (Lipinski definition) is 3. The zero-order valence-corrected chi connectivity index (χ0v) is 12.3. The van der Waals surface area contributed by atoms with Crippen LogP contribution in [0, 0.1) is 6.92 Å². The van der Waals surface area contributed by atoms with Crippen LogP contribution in [-0.4, -0.2) is 21.6 Å². The summed E-state index contributed by atoms with van der Waals surface area (Å²) in [7, 11) is 0. The molecule has 2 aromatic rings. The first kappa shape index (κ1) is 14.3. The van der Waals surface area contributed by atoms with Crippen molar-refractivity contribution in [3.05, 3.63) is 46.2 Å². The number of carbonyl (C=O) groups excluding carboxylic acids is 2. The fourth-order valence-electron chi connectivity index (χ4n) is 1.73. The predicted octanol–water partition coefficient (Wildman–Crippen LogP) is 1.69. The Morgan fingerprint density at radius 1 is 1.45 bits per heavy atom. The second-order valence-electron chi connectivity index (χ2n) is 4.26. The molecule has 2 amide bonds. The third-order valence-electron chi connectivity index (χ3n) is 2.72. The molecule has 1 aromatic heterocycles. The minimum Gasteiger partial charge on any atom is -0.368 e. The molecule has 0 fully saturated rings. The molecule has 0 bridgehead atoms. The van der Waals surface area contributed by atoms with E-state index in [9.17, 15) is 9.59 Å². The average Bonchev–Trinajstić information content (AvgIpc) is 2.79. The molecule has 0 atom stereocenters. The summed E-state index contributed by atoms with van der Waals surface area (Å²) in [5.74, 6) is -0.726. The molecule has 0 unspecified atom stereocenters. The van der Waals surface area contributed by atoms with Crippen molar-refractivity contribution >= 4 is 33.4 Å². The Hall–Kier alpha value is -2.15. The molecule has 1 aromatic carbocycles. The van der Waals surface area contributed by atoms with Crippen LogP contribution in [-0.2, 0) is 11.3 Å². The quantitative estimate of drug-likeness (QED) is 0.890. The molecule has 0 aliphatic carbocycles. The molecule has 6 nitrogen and oxygen atoms in total. The van der Waals surface area contributed by atoms with Gasteiger partial charge in [0.15, 0.2) is 0 Å². The number of benzene rings is 1. The normalized spacial score (nSPS) is 10.3.